The lowest BCUT2D eigenvalue weighted by Gasteiger charge is -2.34. The van der Waals surface area contributed by atoms with Crippen LogP contribution >= 0.6 is 24.0 Å². The molecule has 1 aromatic carbocycles. The molecule has 2 rings (SSSR count). The predicted octanol–water partition coefficient (Wildman–Crippen LogP) is 2.18. The minimum absolute atomic E-state index is 0. The first-order chi connectivity index (χ1) is 8.41. The lowest BCUT2D eigenvalue weighted by Crippen LogP contribution is -2.52. The number of hydrogen-bond acceptors (Lipinski definition) is 3. The molecule has 0 radical (unpaired) electrons. The summed E-state index contributed by atoms with van der Waals surface area (Å²) in [5, 5.41) is 3.64. The Morgan fingerprint density at radius 2 is 1.95 bits per heavy atom. The highest BCUT2D eigenvalue weighted by Gasteiger charge is 2.31. The van der Waals surface area contributed by atoms with Crippen LogP contribution in [0.1, 0.15) is 19.8 Å². The molecular weight excluding hydrogens is 307 g/mol. The van der Waals surface area contributed by atoms with E-state index >= 15 is 0 Å². The first kappa shape index (κ1) is 16.7. The fourth-order valence-corrected chi connectivity index (χ4v) is 3.86. The molecule has 0 amide bonds. The number of halogens is 2. The van der Waals surface area contributed by atoms with Crippen LogP contribution in [0.5, 0.6) is 0 Å². The Kier molecular flexibility index (Phi) is 5.65. The highest BCUT2D eigenvalue weighted by atomic mass is 35.5. The zero-order valence-electron chi connectivity index (χ0n) is 10.6. The van der Waals surface area contributed by atoms with Gasteiger partial charge in [-0.15, -0.1) is 12.4 Å². The Hall–Kier alpha value is -0.330. The molecule has 7 heteroatoms. The van der Waals surface area contributed by atoms with Crippen LogP contribution in [-0.4, -0.2) is 27.0 Å². The maximum atomic E-state index is 12.3. The molecule has 1 heterocycles. The molecule has 108 valence electrons. The van der Waals surface area contributed by atoms with E-state index in [1.54, 1.807) is 18.2 Å². The van der Waals surface area contributed by atoms with Gasteiger partial charge in [0, 0.05) is 10.6 Å². The zero-order chi connectivity index (χ0) is 13.2. The summed E-state index contributed by atoms with van der Waals surface area (Å²) in [7, 11) is -3.50. The Labute approximate surface area is 125 Å². The minimum atomic E-state index is -3.50. The van der Waals surface area contributed by atoms with Gasteiger partial charge in [-0.3, -0.25) is 0 Å². The van der Waals surface area contributed by atoms with Gasteiger partial charge >= 0.3 is 0 Å². The van der Waals surface area contributed by atoms with Crippen LogP contribution in [-0.2, 0) is 10.0 Å². The van der Waals surface area contributed by atoms with Crippen molar-refractivity contribution in [1.29, 1.82) is 0 Å². The maximum Gasteiger partial charge on any atom is 0.241 e. The Bertz CT molecular complexity index is 528. The summed E-state index contributed by atoms with van der Waals surface area (Å²) in [6.45, 7) is 3.60. The summed E-state index contributed by atoms with van der Waals surface area (Å²) in [5.41, 5.74) is -0.383. The molecular formula is C12H18Cl2N2O2S. The van der Waals surface area contributed by atoms with E-state index in [2.05, 4.69) is 10.0 Å². The first-order valence-corrected chi connectivity index (χ1v) is 7.78. The predicted molar refractivity (Wildman–Crippen MR) is 79.5 cm³/mol. The number of nitrogens with one attached hydrogen (secondary N) is 2. The monoisotopic (exact) mass is 324 g/mol. The van der Waals surface area contributed by atoms with Crippen molar-refractivity contribution >= 4 is 34.0 Å². The van der Waals surface area contributed by atoms with Crippen molar-refractivity contribution in [3.8, 4) is 0 Å². The van der Waals surface area contributed by atoms with Gasteiger partial charge < -0.3 is 5.32 Å². The van der Waals surface area contributed by atoms with E-state index in [1.807, 2.05) is 6.92 Å². The molecule has 19 heavy (non-hydrogen) atoms. The molecule has 0 atom stereocenters. The fraction of sp³-hybridized carbons (Fsp3) is 0.500. The summed E-state index contributed by atoms with van der Waals surface area (Å²) in [6, 6.07) is 6.32. The van der Waals surface area contributed by atoms with Gasteiger partial charge in [0.15, 0.2) is 0 Å². The van der Waals surface area contributed by atoms with E-state index in [4.69, 9.17) is 11.6 Å². The average Bonchev–Trinajstić information content (AvgIpc) is 2.28. The lowest BCUT2D eigenvalue weighted by molar-refractivity contribution is 0.308. The van der Waals surface area contributed by atoms with Gasteiger partial charge in [0.05, 0.1) is 4.90 Å². The normalized spacial score (nSPS) is 18.6. The molecule has 0 aliphatic carbocycles. The summed E-state index contributed by atoms with van der Waals surface area (Å²) < 4.78 is 27.3. The van der Waals surface area contributed by atoms with Crippen LogP contribution in [0.2, 0.25) is 5.02 Å². The third kappa shape index (κ3) is 4.33. The average molecular weight is 325 g/mol. The van der Waals surface area contributed by atoms with E-state index in [-0.39, 0.29) is 22.8 Å². The minimum Gasteiger partial charge on any atom is -0.317 e. The number of hydrogen-bond donors (Lipinski definition) is 2. The van der Waals surface area contributed by atoms with Crippen molar-refractivity contribution < 1.29 is 8.42 Å². The Morgan fingerprint density at radius 3 is 2.53 bits per heavy atom. The van der Waals surface area contributed by atoms with Crippen LogP contribution < -0.4 is 10.0 Å². The van der Waals surface area contributed by atoms with Crippen molar-refractivity contribution in [2.45, 2.75) is 30.2 Å². The van der Waals surface area contributed by atoms with Crippen molar-refractivity contribution in [3.05, 3.63) is 29.3 Å². The van der Waals surface area contributed by atoms with E-state index in [9.17, 15) is 8.42 Å². The topological polar surface area (TPSA) is 58.2 Å². The number of rotatable bonds is 3. The Morgan fingerprint density at radius 1 is 1.32 bits per heavy atom. The van der Waals surface area contributed by atoms with E-state index in [0.29, 0.717) is 5.02 Å². The highest BCUT2D eigenvalue weighted by molar-refractivity contribution is 7.89. The second-order valence-electron chi connectivity index (χ2n) is 4.87. The van der Waals surface area contributed by atoms with Crippen molar-refractivity contribution in [1.82, 2.24) is 10.0 Å². The third-order valence-electron chi connectivity index (χ3n) is 3.19. The van der Waals surface area contributed by atoms with Crippen molar-refractivity contribution in [3.63, 3.8) is 0 Å². The molecule has 1 fully saturated rings. The van der Waals surface area contributed by atoms with Crippen LogP contribution in [0.4, 0.5) is 0 Å². The molecule has 4 nitrogen and oxygen atoms in total. The van der Waals surface area contributed by atoms with E-state index < -0.39 is 10.0 Å². The van der Waals surface area contributed by atoms with Gasteiger partial charge in [0.1, 0.15) is 0 Å². The van der Waals surface area contributed by atoms with Crippen molar-refractivity contribution in [2.75, 3.05) is 13.1 Å². The zero-order valence-corrected chi connectivity index (χ0v) is 13.0. The second-order valence-corrected chi connectivity index (χ2v) is 6.99. The van der Waals surface area contributed by atoms with Gasteiger partial charge in [-0.25, -0.2) is 13.1 Å². The maximum absolute atomic E-state index is 12.3. The molecule has 1 aliphatic heterocycles. The number of benzene rings is 1. The van der Waals surface area contributed by atoms with E-state index in [0.717, 1.165) is 25.9 Å². The largest absolute Gasteiger partial charge is 0.317 e. The van der Waals surface area contributed by atoms with Crippen LogP contribution in [0, 0.1) is 0 Å². The first-order valence-electron chi connectivity index (χ1n) is 5.92. The van der Waals surface area contributed by atoms with Gasteiger partial charge in [-0.1, -0.05) is 17.7 Å². The summed E-state index contributed by atoms with van der Waals surface area (Å²) in [5.74, 6) is 0. The second kappa shape index (κ2) is 6.41. The number of sulfonamides is 1. The van der Waals surface area contributed by atoms with Gasteiger partial charge in [-0.2, -0.15) is 0 Å². The van der Waals surface area contributed by atoms with Crippen LogP contribution in [0.25, 0.3) is 0 Å². The third-order valence-corrected chi connectivity index (χ3v) is 5.07. The SMILES string of the molecule is CC1(NS(=O)(=O)c2cccc(Cl)c2)CCNCC1.Cl. The summed E-state index contributed by atoms with van der Waals surface area (Å²) >= 11 is 5.83. The van der Waals surface area contributed by atoms with E-state index in [1.165, 1.54) is 6.07 Å². The van der Waals surface area contributed by atoms with Gasteiger partial charge in [-0.05, 0) is 51.1 Å². The van der Waals surface area contributed by atoms with Crippen LogP contribution in [0.3, 0.4) is 0 Å². The van der Waals surface area contributed by atoms with Gasteiger partial charge in [0.2, 0.25) is 10.0 Å². The quantitative estimate of drug-likeness (QED) is 0.896. The molecule has 0 saturated carbocycles. The molecule has 0 unspecified atom stereocenters. The standard InChI is InChI=1S/C12H17ClN2O2S.ClH/c1-12(5-7-14-8-6-12)15-18(16,17)11-4-2-3-10(13)9-11;/h2-4,9,14-15H,5-8H2,1H3;1H. The lowest BCUT2D eigenvalue weighted by atomic mass is 9.92. The molecule has 2 N–H and O–H groups in total. The van der Waals surface area contributed by atoms with Gasteiger partial charge in [0.25, 0.3) is 0 Å². The Balaban J connectivity index is 0.00000180. The number of piperidine rings is 1. The van der Waals surface area contributed by atoms with Crippen LogP contribution in [0.15, 0.2) is 29.2 Å². The summed E-state index contributed by atoms with van der Waals surface area (Å²) in [4.78, 5) is 0.217. The molecule has 1 aliphatic rings. The molecule has 0 aromatic heterocycles. The highest BCUT2D eigenvalue weighted by Crippen LogP contribution is 2.22. The van der Waals surface area contributed by atoms with Crippen molar-refractivity contribution in [2.24, 2.45) is 0 Å². The molecule has 1 saturated heterocycles. The molecule has 0 spiro atoms. The molecule has 1 aromatic rings. The smallest absolute Gasteiger partial charge is 0.241 e. The summed E-state index contributed by atoms with van der Waals surface area (Å²) in [6.07, 6.45) is 1.57. The molecule has 0 bridgehead atoms. The fourth-order valence-electron chi connectivity index (χ4n) is 2.10.